The number of nitrogens with one attached hydrogen (secondary N) is 2. The first-order valence-electron chi connectivity index (χ1n) is 10.8. The van der Waals surface area contributed by atoms with Crippen molar-refractivity contribution in [3.05, 3.63) is 59.7 Å². The largest absolute Gasteiger partial charge is 0.493 e. The Bertz CT molecular complexity index is 1160. The Morgan fingerprint density at radius 1 is 1.19 bits per heavy atom. The van der Waals surface area contributed by atoms with Crippen LogP contribution in [-0.4, -0.2) is 28.0 Å². The predicted molar refractivity (Wildman–Crippen MR) is 123 cm³/mol. The maximum absolute atomic E-state index is 12.6. The molecule has 0 bridgehead atoms. The Morgan fingerprint density at radius 2 is 2.00 bits per heavy atom. The van der Waals surface area contributed by atoms with Gasteiger partial charge in [-0.2, -0.15) is 0 Å². The van der Waals surface area contributed by atoms with Crippen molar-refractivity contribution in [2.45, 2.75) is 43.5 Å². The van der Waals surface area contributed by atoms with Gasteiger partial charge in [0, 0.05) is 25.1 Å². The first-order chi connectivity index (χ1) is 15.3. The highest BCUT2D eigenvalue weighted by Crippen LogP contribution is 2.50. The van der Waals surface area contributed by atoms with E-state index in [9.17, 15) is 13.2 Å². The molecule has 2 aromatic rings. The zero-order chi connectivity index (χ0) is 22.9. The zero-order valence-electron chi connectivity index (χ0n) is 18.4. The fourth-order valence-corrected chi connectivity index (χ4v) is 5.68. The summed E-state index contributed by atoms with van der Waals surface area (Å²) in [5.41, 5.74) is 2.92. The Morgan fingerprint density at radius 3 is 2.72 bits per heavy atom. The van der Waals surface area contributed by atoms with Crippen molar-refractivity contribution in [2.24, 2.45) is 5.92 Å². The number of rotatable bonds is 7. The molecule has 2 N–H and O–H groups in total. The summed E-state index contributed by atoms with van der Waals surface area (Å²) in [6.07, 6.45) is 5.93. The Balaban J connectivity index is 1.68. The second kappa shape index (κ2) is 8.96. The van der Waals surface area contributed by atoms with Crippen LogP contribution in [0.15, 0.2) is 53.4 Å². The van der Waals surface area contributed by atoms with Crippen molar-refractivity contribution in [2.75, 3.05) is 19.0 Å². The molecule has 1 heterocycles. The highest BCUT2D eigenvalue weighted by atomic mass is 32.2. The van der Waals surface area contributed by atoms with Crippen molar-refractivity contribution in [3.8, 4) is 11.5 Å². The predicted octanol–water partition coefficient (Wildman–Crippen LogP) is 4.14. The normalized spacial score (nSPS) is 21.4. The van der Waals surface area contributed by atoms with Gasteiger partial charge >= 0.3 is 5.97 Å². The van der Waals surface area contributed by atoms with Crippen LogP contribution in [0.5, 0.6) is 11.5 Å². The minimum absolute atomic E-state index is 0.00320. The van der Waals surface area contributed by atoms with E-state index in [1.165, 1.54) is 6.92 Å². The average Bonchev–Trinajstić information content (AvgIpc) is 3.27. The van der Waals surface area contributed by atoms with Gasteiger partial charge in [-0.3, -0.25) is 4.79 Å². The van der Waals surface area contributed by atoms with Crippen LogP contribution in [0.25, 0.3) is 0 Å². The molecule has 8 heteroatoms. The van der Waals surface area contributed by atoms with Crippen molar-refractivity contribution in [1.82, 2.24) is 4.72 Å². The zero-order valence-corrected chi connectivity index (χ0v) is 19.2. The van der Waals surface area contributed by atoms with Gasteiger partial charge in [-0.15, -0.1) is 0 Å². The number of methoxy groups -OCH3 is 1. The molecule has 0 radical (unpaired) electrons. The van der Waals surface area contributed by atoms with Crippen LogP contribution in [-0.2, 0) is 14.8 Å². The monoisotopic (exact) mass is 456 g/mol. The van der Waals surface area contributed by atoms with Crippen molar-refractivity contribution < 1.29 is 22.7 Å². The second-order valence-electron chi connectivity index (χ2n) is 8.13. The number of allylic oxidation sites excluding steroid dienone is 2. The van der Waals surface area contributed by atoms with Gasteiger partial charge in [-0.25, -0.2) is 13.1 Å². The summed E-state index contributed by atoms with van der Waals surface area (Å²) in [7, 11) is -1.99. The highest BCUT2D eigenvalue weighted by Gasteiger charge is 2.38. The number of fused-ring (bicyclic) bond motifs is 3. The van der Waals surface area contributed by atoms with Gasteiger partial charge in [0.25, 0.3) is 0 Å². The smallest absolute Gasteiger partial charge is 0.308 e. The molecule has 4 rings (SSSR count). The lowest BCUT2D eigenvalue weighted by Crippen LogP contribution is -2.30. The molecule has 1 aliphatic heterocycles. The molecular weight excluding hydrogens is 428 g/mol. The van der Waals surface area contributed by atoms with E-state index in [1.807, 2.05) is 25.1 Å². The summed E-state index contributed by atoms with van der Waals surface area (Å²) in [5.74, 6) is 0.816. The van der Waals surface area contributed by atoms with E-state index < -0.39 is 16.0 Å². The molecule has 0 amide bonds. The molecule has 0 fully saturated rings. The number of carbonyl (C=O) groups excluding carboxylic acids is 1. The number of ether oxygens (including phenoxy) is 2. The minimum atomic E-state index is -3.53. The first kappa shape index (κ1) is 22.4. The average molecular weight is 457 g/mol. The van der Waals surface area contributed by atoms with Crippen LogP contribution in [0.1, 0.15) is 49.8 Å². The summed E-state index contributed by atoms with van der Waals surface area (Å²) in [5, 5.41) is 3.60. The van der Waals surface area contributed by atoms with Crippen LogP contribution in [0.3, 0.4) is 0 Å². The highest BCUT2D eigenvalue weighted by molar-refractivity contribution is 7.89. The third-order valence-electron chi connectivity index (χ3n) is 5.99. The summed E-state index contributed by atoms with van der Waals surface area (Å²) >= 11 is 0. The number of anilines is 1. The molecular formula is C24H28N2O5S. The van der Waals surface area contributed by atoms with Gasteiger partial charge in [0.1, 0.15) is 0 Å². The van der Waals surface area contributed by atoms with E-state index in [-0.39, 0.29) is 22.8 Å². The van der Waals surface area contributed by atoms with Crippen molar-refractivity contribution in [3.63, 3.8) is 0 Å². The third-order valence-corrected chi connectivity index (χ3v) is 7.45. The van der Waals surface area contributed by atoms with Crippen LogP contribution in [0.2, 0.25) is 0 Å². The maximum atomic E-state index is 12.6. The van der Waals surface area contributed by atoms with Crippen LogP contribution >= 0.6 is 0 Å². The van der Waals surface area contributed by atoms with Gasteiger partial charge in [0.15, 0.2) is 11.5 Å². The fourth-order valence-electron chi connectivity index (χ4n) is 4.51. The number of hydrogen-bond donors (Lipinski definition) is 2. The molecule has 2 aromatic carbocycles. The third kappa shape index (κ3) is 4.25. The number of sulfonamides is 1. The lowest BCUT2D eigenvalue weighted by Gasteiger charge is -2.38. The fraction of sp³-hybridized carbons (Fsp3) is 0.375. The number of hydrogen-bond acceptors (Lipinski definition) is 6. The molecule has 0 saturated heterocycles. The standard InChI is InChI=1S/C24H28N2O5S/c1-4-12-25-32(28,29)17-9-10-21-20(14-17)18-6-5-7-19(18)24(26-21)16-8-11-22(31-15(2)27)23(13-16)30-3/h5-6,8-11,13-14,18-19,24-26H,4,7,12H2,1-3H3. The second-order valence-corrected chi connectivity index (χ2v) is 9.89. The Hall–Kier alpha value is -2.84. The van der Waals surface area contributed by atoms with E-state index in [1.54, 1.807) is 25.3 Å². The molecule has 1 aliphatic carbocycles. The van der Waals surface area contributed by atoms with Crippen molar-refractivity contribution >= 4 is 21.7 Å². The maximum Gasteiger partial charge on any atom is 0.308 e. The van der Waals surface area contributed by atoms with Gasteiger partial charge in [0.05, 0.1) is 18.0 Å². The van der Waals surface area contributed by atoms with E-state index in [0.29, 0.717) is 18.0 Å². The van der Waals surface area contributed by atoms with Crippen LogP contribution in [0, 0.1) is 5.92 Å². The molecule has 170 valence electrons. The lowest BCUT2D eigenvalue weighted by atomic mass is 9.77. The topological polar surface area (TPSA) is 93.7 Å². The van der Waals surface area contributed by atoms with Crippen molar-refractivity contribution in [1.29, 1.82) is 0 Å². The quantitative estimate of drug-likeness (QED) is 0.370. The van der Waals surface area contributed by atoms with E-state index in [2.05, 4.69) is 22.2 Å². The molecule has 3 unspecified atom stereocenters. The molecule has 0 aromatic heterocycles. The number of esters is 1. The molecule has 3 atom stereocenters. The van der Waals surface area contributed by atoms with Gasteiger partial charge in [-0.1, -0.05) is 25.1 Å². The molecule has 2 aliphatic rings. The van der Waals surface area contributed by atoms with Crippen LogP contribution in [0.4, 0.5) is 5.69 Å². The Labute approximate surface area is 188 Å². The minimum Gasteiger partial charge on any atom is -0.493 e. The van der Waals surface area contributed by atoms with E-state index >= 15 is 0 Å². The molecule has 7 nitrogen and oxygen atoms in total. The SMILES string of the molecule is CCCNS(=O)(=O)c1ccc2c(c1)C1C=CCC1C(c1ccc(OC(C)=O)c(OC)c1)N2. The van der Waals surface area contributed by atoms with E-state index in [0.717, 1.165) is 29.7 Å². The molecule has 32 heavy (non-hydrogen) atoms. The number of benzene rings is 2. The van der Waals surface area contributed by atoms with E-state index in [4.69, 9.17) is 9.47 Å². The van der Waals surface area contributed by atoms with Crippen LogP contribution < -0.4 is 19.5 Å². The van der Waals surface area contributed by atoms with Gasteiger partial charge in [0.2, 0.25) is 10.0 Å². The summed E-state index contributed by atoms with van der Waals surface area (Å²) in [6, 6.07) is 10.9. The van der Waals surface area contributed by atoms with Gasteiger partial charge in [-0.05, 0) is 60.2 Å². The molecule has 0 saturated carbocycles. The number of carbonyl (C=O) groups is 1. The summed E-state index contributed by atoms with van der Waals surface area (Å²) < 4.78 is 38.6. The first-order valence-corrected chi connectivity index (χ1v) is 12.3. The summed E-state index contributed by atoms with van der Waals surface area (Å²) in [4.78, 5) is 11.7. The van der Waals surface area contributed by atoms with Gasteiger partial charge < -0.3 is 14.8 Å². The Kier molecular flexibility index (Phi) is 6.26. The lowest BCUT2D eigenvalue weighted by molar-refractivity contribution is -0.132. The molecule has 0 spiro atoms. The summed E-state index contributed by atoms with van der Waals surface area (Å²) in [6.45, 7) is 3.70.